The molecule has 3 aromatic rings. The molecule has 2 bridgehead atoms. The first-order valence-electron chi connectivity index (χ1n) is 9.72. The fourth-order valence-electron chi connectivity index (χ4n) is 4.75. The van der Waals surface area contributed by atoms with Gasteiger partial charge in [-0.3, -0.25) is 4.79 Å². The molecule has 1 aromatic carbocycles. The van der Waals surface area contributed by atoms with Gasteiger partial charge in [0.2, 0.25) is 11.8 Å². The Morgan fingerprint density at radius 1 is 1.11 bits per heavy atom. The molecular weight excluding hydrogens is 338 g/mol. The summed E-state index contributed by atoms with van der Waals surface area (Å²) in [5.41, 5.74) is 2.17. The lowest BCUT2D eigenvalue weighted by atomic mass is 9.98. The highest BCUT2D eigenvalue weighted by Crippen LogP contribution is 2.37. The van der Waals surface area contributed by atoms with Crippen LogP contribution >= 0.6 is 0 Å². The molecule has 2 saturated heterocycles. The number of hydrogen-bond donors (Lipinski definition) is 1. The summed E-state index contributed by atoms with van der Waals surface area (Å²) in [7, 11) is 0. The number of ether oxygens (including phenoxy) is 1. The van der Waals surface area contributed by atoms with E-state index < -0.39 is 0 Å². The topological polar surface area (TPSA) is 58.2 Å². The number of amides is 1. The molecule has 2 aliphatic rings. The van der Waals surface area contributed by atoms with E-state index in [1.165, 1.54) is 0 Å². The van der Waals surface area contributed by atoms with E-state index in [-0.39, 0.29) is 24.1 Å². The summed E-state index contributed by atoms with van der Waals surface area (Å²) in [5.74, 6) is 0.920. The van der Waals surface area contributed by atoms with Gasteiger partial charge in [-0.1, -0.05) is 24.3 Å². The van der Waals surface area contributed by atoms with Crippen molar-refractivity contribution in [3.63, 3.8) is 0 Å². The molecule has 2 unspecified atom stereocenters. The van der Waals surface area contributed by atoms with Crippen molar-refractivity contribution < 1.29 is 9.53 Å². The molecular formula is C22H23N3O2. The van der Waals surface area contributed by atoms with Gasteiger partial charge in [-0.25, -0.2) is 4.98 Å². The number of piperidine rings is 1. The van der Waals surface area contributed by atoms with Crippen LogP contribution in [-0.2, 0) is 11.2 Å². The van der Waals surface area contributed by atoms with E-state index in [2.05, 4.69) is 20.9 Å². The van der Waals surface area contributed by atoms with Crippen molar-refractivity contribution in [3.05, 3.63) is 60.4 Å². The van der Waals surface area contributed by atoms with E-state index in [0.717, 1.165) is 42.1 Å². The Morgan fingerprint density at radius 3 is 2.67 bits per heavy atom. The zero-order valence-electron chi connectivity index (χ0n) is 15.2. The van der Waals surface area contributed by atoms with E-state index in [1.54, 1.807) is 6.20 Å². The first-order valence-corrected chi connectivity index (χ1v) is 9.72. The number of pyridine rings is 1. The smallest absolute Gasteiger partial charge is 0.227 e. The number of nitrogens with one attached hydrogen (secondary N) is 1. The van der Waals surface area contributed by atoms with Gasteiger partial charge in [-0.2, -0.15) is 0 Å². The summed E-state index contributed by atoms with van der Waals surface area (Å²) in [6.07, 6.45) is 8.28. The van der Waals surface area contributed by atoms with Crippen molar-refractivity contribution in [1.29, 1.82) is 0 Å². The van der Waals surface area contributed by atoms with E-state index in [9.17, 15) is 4.79 Å². The third-order valence-electron chi connectivity index (χ3n) is 5.92. The molecule has 0 spiro atoms. The lowest BCUT2D eigenvalue weighted by molar-refractivity contribution is -0.136. The minimum Gasteiger partial charge on any atom is -0.474 e. The zero-order chi connectivity index (χ0) is 18.2. The van der Waals surface area contributed by atoms with Crippen LogP contribution in [0.15, 0.2) is 54.9 Å². The lowest BCUT2D eigenvalue weighted by Crippen LogP contribution is -2.49. The van der Waals surface area contributed by atoms with E-state index in [1.807, 2.05) is 42.6 Å². The van der Waals surface area contributed by atoms with Crippen molar-refractivity contribution in [2.75, 3.05) is 0 Å². The van der Waals surface area contributed by atoms with Crippen LogP contribution in [0.2, 0.25) is 0 Å². The molecule has 2 aliphatic heterocycles. The number of carbonyl (C=O) groups is 1. The second kappa shape index (κ2) is 6.72. The van der Waals surface area contributed by atoms with Gasteiger partial charge >= 0.3 is 0 Å². The molecule has 1 amide bonds. The van der Waals surface area contributed by atoms with Crippen LogP contribution < -0.4 is 4.74 Å². The number of benzene rings is 1. The maximum absolute atomic E-state index is 13.1. The van der Waals surface area contributed by atoms with Gasteiger partial charge in [0.15, 0.2) is 0 Å². The summed E-state index contributed by atoms with van der Waals surface area (Å²) < 4.78 is 6.07. The van der Waals surface area contributed by atoms with Crippen molar-refractivity contribution >= 4 is 16.8 Å². The van der Waals surface area contributed by atoms with Gasteiger partial charge in [-0.05, 0) is 30.5 Å². The Bertz CT molecular complexity index is 938. The number of nitrogens with zero attached hydrogens (tertiary/aromatic N) is 2. The number of aromatic nitrogens is 2. The summed E-state index contributed by atoms with van der Waals surface area (Å²) in [4.78, 5) is 22.8. The summed E-state index contributed by atoms with van der Waals surface area (Å²) in [6.45, 7) is 0. The Kier molecular flexibility index (Phi) is 4.07. The Morgan fingerprint density at radius 2 is 1.89 bits per heavy atom. The monoisotopic (exact) mass is 361 g/mol. The molecule has 0 radical (unpaired) electrons. The lowest BCUT2D eigenvalue weighted by Gasteiger charge is -2.38. The van der Waals surface area contributed by atoms with Gasteiger partial charge in [0.05, 0.1) is 6.42 Å². The average molecular weight is 361 g/mol. The maximum Gasteiger partial charge on any atom is 0.227 e. The molecule has 0 saturated carbocycles. The Balaban J connectivity index is 1.28. The predicted molar refractivity (Wildman–Crippen MR) is 104 cm³/mol. The first-order chi connectivity index (χ1) is 13.3. The summed E-state index contributed by atoms with van der Waals surface area (Å²) >= 11 is 0. The molecule has 4 heterocycles. The quantitative estimate of drug-likeness (QED) is 0.771. The van der Waals surface area contributed by atoms with Crippen LogP contribution in [0.5, 0.6) is 5.88 Å². The third-order valence-corrected chi connectivity index (χ3v) is 5.92. The number of para-hydroxylation sites is 1. The number of hydrogen-bond acceptors (Lipinski definition) is 3. The number of rotatable bonds is 4. The molecule has 1 N–H and O–H groups in total. The predicted octanol–water partition coefficient (Wildman–Crippen LogP) is 3.71. The molecule has 2 fully saturated rings. The van der Waals surface area contributed by atoms with Crippen molar-refractivity contribution in [2.45, 2.75) is 50.3 Å². The van der Waals surface area contributed by atoms with Crippen molar-refractivity contribution in [2.24, 2.45) is 0 Å². The number of H-pyrrole nitrogens is 1. The van der Waals surface area contributed by atoms with E-state index in [0.29, 0.717) is 12.3 Å². The van der Waals surface area contributed by atoms with Crippen LogP contribution in [0.4, 0.5) is 0 Å². The number of carbonyl (C=O) groups excluding carboxylic acids is 1. The van der Waals surface area contributed by atoms with E-state index in [4.69, 9.17) is 4.74 Å². The third kappa shape index (κ3) is 3.07. The highest BCUT2D eigenvalue weighted by Gasteiger charge is 2.43. The molecule has 2 atom stereocenters. The first kappa shape index (κ1) is 16.4. The number of aromatic amines is 1. The van der Waals surface area contributed by atoms with Gasteiger partial charge in [0.25, 0.3) is 0 Å². The Labute approximate surface area is 158 Å². The SMILES string of the molecule is O=C(Cc1c[nH]c2ccccc12)N1C2CCC1CC(Oc1ccccn1)C2. The molecule has 138 valence electrons. The van der Waals surface area contributed by atoms with Gasteiger partial charge in [0.1, 0.15) is 6.10 Å². The zero-order valence-corrected chi connectivity index (χ0v) is 15.2. The fraction of sp³-hybridized carbons (Fsp3) is 0.364. The van der Waals surface area contributed by atoms with Crippen molar-refractivity contribution in [1.82, 2.24) is 14.9 Å². The second-order valence-electron chi connectivity index (χ2n) is 7.60. The molecule has 0 aliphatic carbocycles. The van der Waals surface area contributed by atoms with Crippen LogP contribution in [0.1, 0.15) is 31.2 Å². The molecule has 27 heavy (non-hydrogen) atoms. The standard InChI is InChI=1S/C22H23N3O2/c26-22(11-15-14-24-20-6-2-1-5-19(15)20)25-16-8-9-17(25)13-18(12-16)27-21-7-3-4-10-23-21/h1-7,10,14,16-18,24H,8-9,11-13H2. The largest absolute Gasteiger partial charge is 0.474 e. The number of fused-ring (bicyclic) bond motifs is 3. The minimum atomic E-state index is 0.148. The molecule has 5 heteroatoms. The van der Waals surface area contributed by atoms with Crippen LogP contribution in [0.25, 0.3) is 10.9 Å². The molecule has 5 nitrogen and oxygen atoms in total. The van der Waals surface area contributed by atoms with Gasteiger partial charge in [-0.15, -0.1) is 0 Å². The highest BCUT2D eigenvalue weighted by atomic mass is 16.5. The summed E-state index contributed by atoms with van der Waals surface area (Å²) in [5, 5.41) is 1.14. The molecule has 2 aromatic heterocycles. The van der Waals surface area contributed by atoms with Crippen LogP contribution in [0.3, 0.4) is 0 Å². The fourth-order valence-corrected chi connectivity index (χ4v) is 4.75. The van der Waals surface area contributed by atoms with Gasteiger partial charge < -0.3 is 14.6 Å². The van der Waals surface area contributed by atoms with Crippen LogP contribution in [0, 0.1) is 0 Å². The second-order valence-corrected chi connectivity index (χ2v) is 7.60. The normalized spacial score (nSPS) is 24.3. The summed E-state index contributed by atoms with van der Waals surface area (Å²) in [6, 6.07) is 14.5. The maximum atomic E-state index is 13.1. The van der Waals surface area contributed by atoms with Crippen molar-refractivity contribution in [3.8, 4) is 5.88 Å². The average Bonchev–Trinajstić information content (AvgIpc) is 3.21. The molecule has 5 rings (SSSR count). The minimum absolute atomic E-state index is 0.148. The van der Waals surface area contributed by atoms with E-state index >= 15 is 0 Å². The highest BCUT2D eigenvalue weighted by molar-refractivity contribution is 5.89. The Hall–Kier alpha value is -2.82. The van der Waals surface area contributed by atoms with Gasteiger partial charge in [0, 0.05) is 54.3 Å². The van der Waals surface area contributed by atoms with Crippen LogP contribution in [-0.4, -0.2) is 39.0 Å².